The smallest absolute Gasteiger partial charge is 0.171 e. The van der Waals surface area contributed by atoms with Gasteiger partial charge in [-0.3, -0.25) is 0 Å². The number of nitrogens with zero attached hydrogens (tertiary/aromatic N) is 1. The number of hydrogen-bond donors (Lipinski definition) is 0. The molecule has 0 bridgehead atoms. The van der Waals surface area contributed by atoms with Crippen LogP contribution in [0.1, 0.15) is 77.2 Å². The molecule has 0 saturated heterocycles. The molecule has 0 fully saturated rings. The van der Waals surface area contributed by atoms with E-state index >= 15 is 0 Å². The van der Waals surface area contributed by atoms with E-state index in [1.807, 2.05) is 0 Å². The largest absolute Gasteiger partial charge is 0.205 e. The molecule has 1 aromatic heterocycles. The lowest BCUT2D eigenvalue weighted by atomic mass is 10.0. The third-order valence-electron chi connectivity index (χ3n) is 3.85. The summed E-state index contributed by atoms with van der Waals surface area (Å²) in [6, 6.07) is 4.43. The molecule has 1 nitrogen and oxygen atoms in total. The van der Waals surface area contributed by atoms with Crippen LogP contribution in [0.2, 0.25) is 0 Å². The average molecular weight is 262 g/mol. The zero-order valence-corrected chi connectivity index (χ0v) is 13.0. The van der Waals surface area contributed by atoms with Crippen LogP contribution in [0.15, 0.2) is 24.5 Å². The molecule has 1 heteroatoms. The van der Waals surface area contributed by atoms with E-state index in [1.54, 1.807) is 0 Å². The number of aromatic nitrogens is 1. The Hall–Kier alpha value is -0.850. The monoisotopic (exact) mass is 262 g/mol. The average Bonchev–Trinajstić information content (AvgIpc) is 2.46. The van der Waals surface area contributed by atoms with Gasteiger partial charge in [0.1, 0.15) is 6.54 Å². The normalized spacial score (nSPS) is 10.8. The van der Waals surface area contributed by atoms with Gasteiger partial charge in [-0.25, -0.2) is 4.57 Å². The molecule has 0 N–H and O–H groups in total. The minimum Gasteiger partial charge on any atom is -0.205 e. The van der Waals surface area contributed by atoms with E-state index in [-0.39, 0.29) is 0 Å². The fourth-order valence-electron chi connectivity index (χ4n) is 2.56. The molecule has 0 unspecified atom stereocenters. The minimum atomic E-state index is 1.08. The van der Waals surface area contributed by atoms with Gasteiger partial charge in [-0.05, 0) is 25.8 Å². The lowest BCUT2D eigenvalue weighted by molar-refractivity contribution is -0.694. The topological polar surface area (TPSA) is 3.88 Å². The highest BCUT2D eigenvalue weighted by atomic mass is 14.9. The molecular weight excluding hydrogens is 230 g/mol. The Kier molecular flexibility index (Phi) is 9.40. The van der Waals surface area contributed by atoms with Crippen LogP contribution >= 0.6 is 0 Å². The van der Waals surface area contributed by atoms with Crippen LogP contribution in [0.5, 0.6) is 0 Å². The third-order valence-corrected chi connectivity index (χ3v) is 3.85. The van der Waals surface area contributed by atoms with Crippen molar-refractivity contribution < 1.29 is 4.57 Å². The molecule has 0 aliphatic carbocycles. The van der Waals surface area contributed by atoms with Gasteiger partial charge in [-0.15, -0.1) is 0 Å². The first-order chi connectivity index (χ1) is 9.36. The molecule has 19 heavy (non-hydrogen) atoms. The van der Waals surface area contributed by atoms with Crippen LogP contribution in [0.3, 0.4) is 0 Å². The maximum absolute atomic E-state index is 2.30. The highest BCUT2D eigenvalue weighted by Crippen LogP contribution is 2.11. The first kappa shape index (κ1) is 16.2. The molecule has 1 aromatic rings. The van der Waals surface area contributed by atoms with Crippen molar-refractivity contribution in [2.75, 3.05) is 0 Å². The number of aryl methyl sites for hydroxylation is 2. The van der Waals surface area contributed by atoms with Crippen LogP contribution < -0.4 is 4.57 Å². The second-order valence-electron chi connectivity index (χ2n) is 5.62. The highest BCUT2D eigenvalue weighted by Gasteiger charge is 2.00. The maximum Gasteiger partial charge on any atom is 0.171 e. The quantitative estimate of drug-likeness (QED) is 0.387. The van der Waals surface area contributed by atoms with E-state index in [9.17, 15) is 0 Å². The molecule has 0 aliphatic heterocycles. The van der Waals surface area contributed by atoms with E-state index in [2.05, 4.69) is 42.9 Å². The van der Waals surface area contributed by atoms with Gasteiger partial charge in [0.05, 0.1) is 0 Å². The van der Waals surface area contributed by atoms with E-state index in [4.69, 9.17) is 0 Å². The molecular formula is C18H32N+. The zero-order valence-electron chi connectivity index (χ0n) is 13.0. The summed E-state index contributed by atoms with van der Waals surface area (Å²) in [4.78, 5) is 0. The van der Waals surface area contributed by atoms with Gasteiger partial charge in [0.25, 0.3) is 0 Å². The number of rotatable bonds is 11. The van der Waals surface area contributed by atoms with Crippen molar-refractivity contribution >= 4 is 0 Å². The van der Waals surface area contributed by atoms with Crippen molar-refractivity contribution in [3.8, 4) is 0 Å². The van der Waals surface area contributed by atoms with Gasteiger partial charge in [-0.2, -0.15) is 0 Å². The predicted molar refractivity (Wildman–Crippen MR) is 83.2 cm³/mol. The van der Waals surface area contributed by atoms with Gasteiger partial charge in [-0.1, -0.05) is 58.3 Å². The SMILES string of the molecule is CCCCCCCCCCCc1ccc[n+](CC)c1. The summed E-state index contributed by atoms with van der Waals surface area (Å²) in [6.45, 7) is 5.56. The van der Waals surface area contributed by atoms with E-state index in [0.717, 1.165) is 6.54 Å². The van der Waals surface area contributed by atoms with E-state index in [0.29, 0.717) is 0 Å². The Balaban J connectivity index is 1.98. The molecule has 0 spiro atoms. The van der Waals surface area contributed by atoms with Crippen LogP contribution in [-0.2, 0) is 13.0 Å². The third kappa shape index (κ3) is 8.02. The van der Waals surface area contributed by atoms with Crippen LogP contribution in [0, 0.1) is 0 Å². The van der Waals surface area contributed by atoms with Crippen LogP contribution in [0.4, 0.5) is 0 Å². The fraction of sp³-hybridized carbons (Fsp3) is 0.722. The second kappa shape index (κ2) is 11.0. The summed E-state index contributed by atoms with van der Waals surface area (Å²) < 4.78 is 2.27. The van der Waals surface area contributed by atoms with Crippen LogP contribution in [-0.4, -0.2) is 0 Å². The van der Waals surface area contributed by atoms with Gasteiger partial charge < -0.3 is 0 Å². The molecule has 108 valence electrons. The van der Waals surface area contributed by atoms with Gasteiger partial charge >= 0.3 is 0 Å². The summed E-state index contributed by atoms with van der Waals surface area (Å²) in [6.07, 6.45) is 18.4. The van der Waals surface area contributed by atoms with Crippen molar-refractivity contribution in [3.63, 3.8) is 0 Å². The van der Waals surface area contributed by atoms with Gasteiger partial charge in [0.2, 0.25) is 0 Å². The van der Waals surface area contributed by atoms with Crippen molar-refractivity contribution in [1.82, 2.24) is 0 Å². The Morgan fingerprint density at radius 1 is 0.842 bits per heavy atom. The van der Waals surface area contributed by atoms with E-state index in [1.165, 1.54) is 69.8 Å². The summed E-state index contributed by atoms with van der Waals surface area (Å²) in [5.41, 5.74) is 1.49. The molecule has 0 atom stereocenters. The Bertz CT molecular complexity index is 319. The number of hydrogen-bond acceptors (Lipinski definition) is 0. The highest BCUT2D eigenvalue weighted by molar-refractivity contribution is 5.05. The summed E-state index contributed by atoms with van der Waals surface area (Å²) >= 11 is 0. The summed E-state index contributed by atoms with van der Waals surface area (Å²) in [7, 11) is 0. The standard InChI is InChI=1S/C18H32N/c1-3-5-6-7-8-9-10-11-12-14-18-15-13-16-19(4-2)17-18/h13,15-17H,3-12,14H2,1-2H3/q+1. The maximum atomic E-state index is 2.30. The second-order valence-corrected chi connectivity index (χ2v) is 5.62. The minimum absolute atomic E-state index is 1.08. The Morgan fingerprint density at radius 2 is 1.47 bits per heavy atom. The number of unbranched alkanes of at least 4 members (excludes halogenated alkanes) is 8. The van der Waals surface area contributed by atoms with Crippen LogP contribution in [0.25, 0.3) is 0 Å². The molecule has 1 heterocycles. The van der Waals surface area contributed by atoms with Gasteiger partial charge in [0, 0.05) is 11.6 Å². The molecule has 1 rings (SSSR count). The molecule has 0 amide bonds. The lowest BCUT2D eigenvalue weighted by Gasteiger charge is -2.02. The molecule has 0 aromatic carbocycles. The lowest BCUT2D eigenvalue weighted by Crippen LogP contribution is -2.31. The van der Waals surface area contributed by atoms with Crippen molar-refractivity contribution in [2.45, 2.75) is 84.6 Å². The van der Waals surface area contributed by atoms with Gasteiger partial charge in [0.15, 0.2) is 12.4 Å². The van der Waals surface area contributed by atoms with Crippen molar-refractivity contribution in [3.05, 3.63) is 30.1 Å². The summed E-state index contributed by atoms with van der Waals surface area (Å²) in [5, 5.41) is 0. The zero-order chi connectivity index (χ0) is 13.8. The molecule has 0 saturated carbocycles. The predicted octanol–water partition coefficient (Wildman–Crippen LogP) is 5.07. The Morgan fingerprint density at radius 3 is 2.11 bits per heavy atom. The molecule has 0 radical (unpaired) electrons. The van der Waals surface area contributed by atoms with Crippen molar-refractivity contribution in [2.24, 2.45) is 0 Å². The number of pyridine rings is 1. The van der Waals surface area contributed by atoms with E-state index < -0.39 is 0 Å². The van der Waals surface area contributed by atoms with Crippen molar-refractivity contribution in [1.29, 1.82) is 0 Å². The Labute approximate surface area is 120 Å². The summed E-state index contributed by atoms with van der Waals surface area (Å²) in [5.74, 6) is 0. The fourth-order valence-corrected chi connectivity index (χ4v) is 2.56. The molecule has 0 aliphatic rings. The first-order valence-corrected chi connectivity index (χ1v) is 8.34. The first-order valence-electron chi connectivity index (χ1n) is 8.34.